The molecule has 5 nitrogen and oxygen atoms in total. The van der Waals surface area contributed by atoms with E-state index < -0.39 is 5.54 Å². The van der Waals surface area contributed by atoms with E-state index in [4.69, 9.17) is 10.8 Å². The van der Waals surface area contributed by atoms with Gasteiger partial charge < -0.3 is 15.8 Å². The fourth-order valence-electron chi connectivity index (χ4n) is 1.48. The minimum atomic E-state index is -0.530. The molecule has 0 spiro atoms. The maximum absolute atomic E-state index is 11.0. The second kappa shape index (κ2) is 2.56. The van der Waals surface area contributed by atoms with Crippen LogP contribution < -0.4 is 11.3 Å². The number of aromatic hydroxyl groups is 1. The van der Waals surface area contributed by atoms with Gasteiger partial charge in [0.15, 0.2) is 0 Å². The average molecular weight is 181 g/mol. The Kier molecular flexibility index (Phi) is 1.63. The number of nitrogens with zero attached hydrogens (tertiary/aromatic N) is 1. The molecule has 70 valence electrons. The zero-order valence-corrected chi connectivity index (χ0v) is 7.08. The summed E-state index contributed by atoms with van der Waals surface area (Å²) in [5.74, 6) is 0.124. The molecule has 0 aromatic carbocycles. The highest BCUT2D eigenvalue weighted by Crippen LogP contribution is 2.36. The molecular formula is C8H11N3O2. The number of H-pyrrole nitrogens is 1. The molecular weight excluding hydrogens is 170 g/mol. The van der Waals surface area contributed by atoms with Crippen molar-refractivity contribution >= 4 is 0 Å². The third kappa shape index (κ3) is 1.31. The highest BCUT2D eigenvalue weighted by atomic mass is 16.3. The van der Waals surface area contributed by atoms with Gasteiger partial charge in [0.2, 0.25) is 5.88 Å². The van der Waals surface area contributed by atoms with Crippen LogP contribution in [0.15, 0.2) is 10.9 Å². The summed E-state index contributed by atoms with van der Waals surface area (Å²) in [7, 11) is 0. The van der Waals surface area contributed by atoms with E-state index in [0.717, 1.165) is 25.3 Å². The van der Waals surface area contributed by atoms with Gasteiger partial charge in [-0.15, -0.1) is 0 Å². The molecule has 4 N–H and O–H groups in total. The molecule has 0 saturated heterocycles. The van der Waals surface area contributed by atoms with Gasteiger partial charge in [-0.05, 0) is 19.3 Å². The maximum Gasteiger partial charge on any atom is 0.254 e. The smallest absolute Gasteiger partial charge is 0.254 e. The van der Waals surface area contributed by atoms with Crippen LogP contribution in [0.3, 0.4) is 0 Å². The molecule has 0 unspecified atom stereocenters. The molecule has 1 aromatic rings. The van der Waals surface area contributed by atoms with Crippen molar-refractivity contribution in [2.24, 2.45) is 5.73 Å². The van der Waals surface area contributed by atoms with Crippen LogP contribution in [-0.2, 0) is 5.54 Å². The molecule has 13 heavy (non-hydrogen) atoms. The van der Waals surface area contributed by atoms with Crippen molar-refractivity contribution in [2.75, 3.05) is 0 Å². The van der Waals surface area contributed by atoms with E-state index in [2.05, 4.69) is 9.97 Å². The summed E-state index contributed by atoms with van der Waals surface area (Å²) in [6, 6.07) is 1.03. The monoisotopic (exact) mass is 181 g/mol. The van der Waals surface area contributed by atoms with E-state index >= 15 is 0 Å². The van der Waals surface area contributed by atoms with E-state index in [1.165, 1.54) is 0 Å². The lowest BCUT2D eigenvalue weighted by Gasteiger charge is -2.36. The van der Waals surface area contributed by atoms with Crippen molar-refractivity contribution < 1.29 is 5.11 Å². The average Bonchev–Trinajstić information content (AvgIpc) is 1.98. The zero-order valence-electron chi connectivity index (χ0n) is 7.08. The van der Waals surface area contributed by atoms with Gasteiger partial charge >= 0.3 is 0 Å². The summed E-state index contributed by atoms with van der Waals surface area (Å²) in [5.41, 5.74) is 5.03. The minimum absolute atomic E-state index is 0.268. The van der Waals surface area contributed by atoms with Crippen LogP contribution in [0.25, 0.3) is 0 Å². The maximum atomic E-state index is 11.0. The highest BCUT2D eigenvalue weighted by Gasteiger charge is 2.37. The Bertz CT molecular complexity index is 381. The first-order chi connectivity index (χ1) is 6.10. The zero-order chi connectivity index (χ0) is 9.47. The molecule has 0 atom stereocenters. The Morgan fingerprint density at radius 3 is 2.77 bits per heavy atom. The molecule has 1 aliphatic carbocycles. The van der Waals surface area contributed by atoms with Crippen molar-refractivity contribution in [1.29, 1.82) is 0 Å². The summed E-state index contributed by atoms with van der Waals surface area (Å²) in [6.45, 7) is 0. The standard InChI is InChI=1S/C8H11N3O2/c9-8(2-1-3-8)7-10-5(12)4-6(13)11-7/h4H,1-3,9H2,(H2,10,11,12,13). The van der Waals surface area contributed by atoms with Crippen molar-refractivity contribution in [3.8, 4) is 5.88 Å². The van der Waals surface area contributed by atoms with E-state index in [0.29, 0.717) is 5.82 Å². The number of aromatic nitrogens is 2. The van der Waals surface area contributed by atoms with Crippen molar-refractivity contribution in [3.05, 3.63) is 22.2 Å². The Labute approximate surface area is 74.6 Å². The van der Waals surface area contributed by atoms with Gasteiger partial charge in [0.05, 0.1) is 11.6 Å². The molecule has 1 heterocycles. The molecule has 1 aromatic heterocycles. The number of nitrogens with two attached hydrogens (primary N) is 1. The van der Waals surface area contributed by atoms with Gasteiger partial charge in [-0.1, -0.05) is 0 Å². The van der Waals surface area contributed by atoms with E-state index in [-0.39, 0.29) is 11.4 Å². The van der Waals surface area contributed by atoms with Crippen LogP contribution in [0, 0.1) is 0 Å². The summed E-state index contributed by atoms with van der Waals surface area (Å²) in [4.78, 5) is 17.3. The first-order valence-corrected chi connectivity index (χ1v) is 4.20. The Morgan fingerprint density at radius 2 is 2.31 bits per heavy atom. The summed E-state index contributed by atoms with van der Waals surface area (Å²) in [5, 5.41) is 9.09. The lowest BCUT2D eigenvalue weighted by atomic mass is 9.77. The molecule has 0 amide bonds. The lowest BCUT2D eigenvalue weighted by molar-refractivity contribution is 0.235. The predicted octanol–water partition coefficient (Wildman–Crippen LogP) is -0.187. The molecule has 1 aliphatic rings. The molecule has 5 heteroatoms. The fraction of sp³-hybridized carbons (Fsp3) is 0.500. The Morgan fingerprint density at radius 1 is 1.62 bits per heavy atom. The van der Waals surface area contributed by atoms with Crippen LogP contribution >= 0.6 is 0 Å². The van der Waals surface area contributed by atoms with Crippen molar-refractivity contribution in [1.82, 2.24) is 9.97 Å². The van der Waals surface area contributed by atoms with Crippen LogP contribution in [0.1, 0.15) is 25.1 Å². The molecule has 0 radical (unpaired) electrons. The predicted molar refractivity (Wildman–Crippen MR) is 46.2 cm³/mol. The fourth-order valence-corrected chi connectivity index (χ4v) is 1.48. The highest BCUT2D eigenvalue weighted by molar-refractivity contribution is 5.15. The quantitative estimate of drug-likeness (QED) is 0.560. The van der Waals surface area contributed by atoms with Crippen molar-refractivity contribution in [3.63, 3.8) is 0 Å². The van der Waals surface area contributed by atoms with Gasteiger partial charge in [-0.2, -0.15) is 4.98 Å². The van der Waals surface area contributed by atoms with Crippen LogP contribution in [0.4, 0.5) is 0 Å². The summed E-state index contributed by atoms with van der Waals surface area (Å²) in [6.07, 6.45) is 2.65. The molecule has 1 saturated carbocycles. The second-order valence-corrected chi connectivity index (χ2v) is 3.46. The van der Waals surface area contributed by atoms with Gasteiger partial charge in [0, 0.05) is 0 Å². The Balaban J connectivity index is 2.45. The van der Waals surface area contributed by atoms with E-state index in [1.807, 2.05) is 0 Å². The Hall–Kier alpha value is -1.36. The minimum Gasteiger partial charge on any atom is -0.493 e. The number of nitrogens with one attached hydrogen (secondary N) is 1. The SMILES string of the molecule is NC1(c2nc(O)cc(=O)[nH]2)CCC1. The van der Waals surface area contributed by atoms with Crippen molar-refractivity contribution in [2.45, 2.75) is 24.8 Å². The number of aromatic amines is 1. The lowest BCUT2D eigenvalue weighted by Crippen LogP contribution is -2.45. The normalized spacial score (nSPS) is 19.5. The van der Waals surface area contributed by atoms with Gasteiger partial charge in [-0.25, -0.2) is 0 Å². The first-order valence-electron chi connectivity index (χ1n) is 4.20. The third-order valence-electron chi connectivity index (χ3n) is 2.45. The van der Waals surface area contributed by atoms with Crippen LogP contribution in [-0.4, -0.2) is 15.1 Å². The number of rotatable bonds is 1. The van der Waals surface area contributed by atoms with E-state index in [9.17, 15) is 4.79 Å². The van der Waals surface area contributed by atoms with E-state index in [1.54, 1.807) is 0 Å². The van der Waals surface area contributed by atoms with Gasteiger partial charge in [-0.3, -0.25) is 4.79 Å². The second-order valence-electron chi connectivity index (χ2n) is 3.46. The number of hydrogen-bond acceptors (Lipinski definition) is 4. The first kappa shape index (κ1) is 8.25. The molecule has 0 aliphatic heterocycles. The molecule has 0 bridgehead atoms. The topological polar surface area (TPSA) is 92.0 Å². The summed E-state index contributed by atoms with van der Waals surface area (Å²) < 4.78 is 0. The largest absolute Gasteiger partial charge is 0.493 e. The van der Waals surface area contributed by atoms with Crippen LogP contribution in [0.5, 0.6) is 5.88 Å². The third-order valence-corrected chi connectivity index (χ3v) is 2.45. The summed E-state index contributed by atoms with van der Waals surface area (Å²) >= 11 is 0. The van der Waals surface area contributed by atoms with Gasteiger partial charge in [0.25, 0.3) is 5.56 Å². The number of hydrogen-bond donors (Lipinski definition) is 3. The molecule has 1 fully saturated rings. The molecule has 2 rings (SSSR count). The van der Waals surface area contributed by atoms with Crippen LogP contribution in [0.2, 0.25) is 0 Å². The van der Waals surface area contributed by atoms with Gasteiger partial charge in [0.1, 0.15) is 5.82 Å².